The Balaban J connectivity index is 0.000000880. The van der Waals surface area contributed by atoms with Crippen LogP contribution in [0.15, 0.2) is 96.1 Å². The lowest BCUT2D eigenvalue weighted by Crippen LogP contribution is -2.31. The van der Waals surface area contributed by atoms with Gasteiger partial charge in [-0.15, -0.1) is 0 Å². The first-order valence-electron chi connectivity index (χ1n) is 8.71. The molecule has 0 radical (unpaired) electrons. The van der Waals surface area contributed by atoms with Crippen molar-refractivity contribution in [2.45, 2.75) is 13.8 Å². The van der Waals surface area contributed by atoms with Crippen molar-refractivity contribution in [2.75, 3.05) is 16.6 Å². The van der Waals surface area contributed by atoms with Crippen molar-refractivity contribution < 1.29 is 0 Å². The molecular weight excluding hydrogens is 306 g/mol. The molecule has 126 valence electrons. The van der Waals surface area contributed by atoms with Crippen LogP contribution in [0.1, 0.15) is 19.4 Å². The van der Waals surface area contributed by atoms with Crippen molar-refractivity contribution >= 4 is 17.2 Å². The average molecular weight is 329 g/mol. The fourth-order valence-corrected chi connectivity index (χ4v) is 2.75. The van der Waals surface area contributed by atoms with Gasteiger partial charge in [-0.3, -0.25) is 0 Å². The van der Waals surface area contributed by atoms with Crippen LogP contribution in [-0.2, 0) is 0 Å². The maximum atomic E-state index is 4.86. The van der Waals surface area contributed by atoms with Gasteiger partial charge in [-0.25, -0.2) is 5.01 Å². The summed E-state index contributed by atoms with van der Waals surface area (Å²) in [5.74, 6) is 0.973. The predicted molar refractivity (Wildman–Crippen MR) is 107 cm³/mol. The van der Waals surface area contributed by atoms with Crippen LogP contribution in [-0.4, -0.2) is 12.5 Å². The summed E-state index contributed by atoms with van der Waals surface area (Å²) in [6, 6.07) is 31.0. The molecule has 3 nitrogen and oxygen atoms in total. The van der Waals surface area contributed by atoms with Crippen LogP contribution in [0.5, 0.6) is 0 Å². The minimum Gasteiger partial charge on any atom is -0.304 e. The summed E-state index contributed by atoms with van der Waals surface area (Å²) in [6.07, 6.45) is 0. The van der Waals surface area contributed by atoms with E-state index in [9.17, 15) is 0 Å². The Bertz CT molecular complexity index is 798. The van der Waals surface area contributed by atoms with Crippen LogP contribution in [0.4, 0.5) is 11.4 Å². The SMILES string of the molecule is CC.c1ccc(C2=NN(c3ccccc3)CN2c2ccccc2)cc1. The molecule has 0 amide bonds. The third-order valence-corrected chi connectivity index (χ3v) is 3.90. The zero-order valence-electron chi connectivity index (χ0n) is 14.7. The van der Waals surface area contributed by atoms with Crippen molar-refractivity contribution in [3.05, 3.63) is 96.6 Å². The quantitative estimate of drug-likeness (QED) is 0.644. The summed E-state index contributed by atoms with van der Waals surface area (Å²) in [6.45, 7) is 4.71. The lowest BCUT2D eigenvalue weighted by molar-refractivity contribution is 0.912. The van der Waals surface area contributed by atoms with E-state index in [1.807, 2.05) is 61.3 Å². The highest BCUT2D eigenvalue weighted by molar-refractivity contribution is 6.11. The normalized spacial score (nSPS) is 13.1. The molecule has 0 unspecified atom stereocenters. The zero-order chi connectivity index (χ0) is 17.5. The number of rotatable bonds is 3. The summed E-state index contributed by atoms with van der Waals surface area (Å²) in [4.78, 5) is 2.24. The molecule has 3 aromatic rings. The molecule has 1 aliphatic rings. The molecule has 1 heterocycles. The predicted octanol–water partition coefficient (Wildman–Crippen LogP) is 5.36. The first kappa shape index (κ1) is 16.8. The summed E-state index contributed by atoms with van der Waals surface area (Å²) in [5, 5.41) is 6.90. The smallest absolute Gasteiger partial charge is 0.162 e. The zero-order valence-corrected chi connectivity index (χ0v) is 14.7. The Morgan fingerprint density at radius 3 is 1.68 bits per heavy atom. The maximum absolute atomic E-state index is 4.86. The van der Waals surface area contributed by atoms with Gasteiger partial charge in [0.2, 0.25) is 0 Å². The largest absolute Gasteiger partial charge is 0.304 e. The topological polar surface area (TPSA) is 18.8 Å². The van der Waals surface area contributed by atoms with Crippen LogP contribution in [0.2, 0.25) is 0 Å². The van der Waals surface area contributed by atoms with Gasteiger partial charge in [-0.2, -0.15) is 5.10 Å². The van der Waals surface area contributed by atoms with E-state index >= 15 is 0 Å². The molecule has 0 saturated heterocycles. The third-order valence-electron chi connectivity index (χ3n) is 3.90. The van der Waals surface area contributed by atoms with E-state index in [0.717, 1.165) is 22.8 Å². The number of amidine groups is 1. The van der Waals surface area contributed by atoms with Crippen molar-refractivity contribution in [3.63, 3.8) is 0 Å². The lowest BCUT2D eigenvalue weighted by Gasteiger charge is -2.21. The van der Waals surface area contributed by atoms with Gasteiger partial charge in [0.1, 0.15) is 6.67 Å². The number of nitrogens with zero attached hydrogens (tertiary/aromatic N) is 3. The molecule has 4 rings (SSSR count). The Kier molecular flexibility index (Phi) is 5.47. The molecule has 0 fully saturated rings. The molecule has 1 aliphatic heterocycles. The Morgan fingerprint density at radius 2 is 1.12 bits per heavy atom. The number of hydrogen-bond acceptors (Lipinski definition) is 3. The van der Waals surface area contributed by atoms with Gasteiger partial charge < -0.3 is 4.90 Å². The van der Waals surface area contributed by atoms with Gasteiger partial charge >= 0.3 is 0 Å². The first-order valence-corrected chi connectivity index (χ1v) is 8.71. The number of anilines is 2. The van der Waals surface area contributed by atoms with E-state index in [0.29, 0.717) is 6.67 Å². The highest BCUT2D eigenvalue weighted by Gasteiger charge is 2.26. The number of benzene rings is 3. The molecule has 0 aromatic heterocycles. The minimum absolute atomic E-state index is 0.707. The van der Waals surface area contributed by atoms with Crippen LogP contribution in [0.25, 0.3) is 0 Å². The second kappa shape index (κ2) is 8.15. The second-order valence-corrected chi connectivity index (χ2v) is 5.43. The van der Waals surface area contributed by atoms with Gasteiger partial charge in [0.05, 0.1) is 5.69 Å². The van der Waals surface area contributed by atoms with Gasteiger partial charge in [0.15, 0.2) is 5.84 Å². The molecule has 0 atom stereocenters. The maximum Gasteiger partial charge on any atom is 0.162 e. The molecule has 0 spiro atoms. The summed E-state index contributed by atoms with van der Waals surface area (Å²) < 4.78 is 0. The van der Waals surface area contributed by atoms with Crippen LogP contribution in [0.3, 0.4) is 0 Å². The van der Waals surface area contributed by atoms with Gasteiger partial charge in [0, 0.05) is 11.3 Å². The van der Waals surface area contributed by atoms with Crippen molar-refractivity contribution in [3.8, 4) is 0 Å². The van der Waals surface area contributed by atoms with Crippen molar-refractivity contribution in [2.24, 2.45) is 5.10 Å². The first-order chi connectivity index (χ1) is 12.4. The Morgan fingerprint density at radius 1 is 0.640 bits per heavy atom. The molecule has 0 aliphatic carbocycles. The summed E-state index contributed by atoms with van der Waals surface area (Å²) in [7, 11) is 0. The molecule has 3 heteroatoms. The van der Waals surface area contributed by atoms with E-state index in [2.05, 4.69) is 53.4 Å². The summed E-state index contributed by atoms with van der Waals surface area (Å²) in [5.41, 5.74) is 3.36. The molecule has 3 aromatic carbocycles. The highest BCUT2D eigenvalue weighted by Crippen LogP contribution is 2.26. The van der Waals surface area contributed by atoms with Gasteiger partial charge in [-0.1, -0.05) is 80.6 Å². The van der Waals surface area contributed by atoms with Gasteiger partial charge in [0.25, 0.3) is 0 Å². The van der Waals surface area contributed by atoms with Crippen molar-refractivity contribution in [1.82, 2.24) is 0 Å². The second-order valence-electron chi connectivity index (χ2n) is 5.43. The lowest BCUT2D eigenvalue weighted by atomic mass is 10.2. The molecule has 0 saturated carbocycles. The highest BCUT2D eigenvalue weighted by atomic mass is 15.6. The van der Waals surface area contributed by atoms with E-state index in [1.54, 1.807) is 0 Å². The van der Waals surface area contributed by atoms with E-state index in [1.165, 1.54) is 0 Å². The molecular formula is C22H23N3. The standard InChI is InChI=1S/C20H17N3.C2H6/c1-4-10-17(11-5-1)20-21-23(19-14-8-3-9-15-19)16-22(20)18-12-6-2-7-13-18;1-2/h1-15H,16H2;1-2H3. The van der Waals surface area contributed by atoms with Crippen LogP contribution >= 0.6 is 0 Å². The Labute approximate surface area is 149 Å². The van der Waals surface area contributed by atoms with E-state index < -0.39 is 0 Å². The molecule has 0 bridgehead atoms. The van der Waals surface area contributed by atoms with Crippen LogP contribution < -0.4 is 9.91 Å². The molecule has 0 N–H and O–H groups in total. The summed E-state index contributed by atoms with van der Waals surface area (Å²) >= 11 is 0. The number of hydrazone groups is 1. The molecule has 25 heavy (non-hydrogen) atoms. The number of para-hydroxylation sites is 2. The van der Waals surface area contributed by atoms with E-state index in [4.69, 9.17) is 5.10 Å². The minimum atomic E-state index is 0.707. The average Bonchev–Trinajstić information content (AvgIpc) is 3.17. The fraction of sp³-hybridized carbons (Fsp3) is 0.136. The van der Waals surface area contributed by atoms with Crippen LogP contribution in [0, 0.1) is 0 Å². The van der Waals surface area contributed by atoms with E-state index in [-0.39, 0.29) is 0 Å². The fourth-order valence-electron chi connectivity index (χ4n) is 2.75. The Hall–Kier alpha value is -3.07. The monoisotopic (exact) mass is 329 g/mol. The van der Waals surface area contributed by atoms with Crippen molar-refractivity contribution in [1.29, 1.82) is 0 Å². The third kappa shape index (κ3) is 3.72. The number of hydrogen-bond donors (Lipinski definition) is 0. The van der Waals surface area contributed by atoms with Gasteiger partial charge in [-0.05, 0) is 24.3 Å².